The van der Waals surface area contributed by atoms with Crippen LogP contribution in [0.5, 0.6) is 0 Å². The molecule has 0 aromatic heterocycles. The van der Waals surface area contributed by atoms with Crippen LogP contribution in [0, 0.1) is 10.1 Å². The van der Waals surface area contributed by atoms with Crippen molar-refractivity contribution in [2.75, 3.05) is 25.5 Å². The van der Waals surface area contributed by atoms with E-state index < -0.39 is 33.5 Å². The fourth-order valence-electron chi connectivity index (χ4n) is 2.96. The summed E-state index contributed by atoms with van der Waals surface area (Å²) < 4.78 is 19.3. The summed E-state index contributed by atoms with van der Waals surface area (Å²) in [7, 11) is -0.550. The third-order valence-electron chi connectivity index (χ3n) is 4.42. The fourth-order valence-corrected chi connectivity index (χ4v) is 4.61. The van der Waals surface area contributed by atoms with Crippen LogP contribution in [-0.4, -0.2) is 45.5 Å². The molecule has 0 aliphatic rings. The third-order valence-corrected chi connectivity index (χ3v) is 6.21. The minimum absolute atomic E-state index is 0.0233. The van der Waals surface area contributed by atoms with Crippen LogP contribution in [0.25, 0.3) is 0 Å². The first-order chi connectivity index (χ1) is 15.2. The molecule has 0 radical (unpaired) electrons. The van der Waals surface area contributed by atoms with Gasteiger partial charge >= 0.3 is 5.97 Å². The number of halogens is 1. The Kier molecular flexibility index (Phi) is 9.30. The van der Waals surface area contributed by atoms with Crippen molar-refractivity contribution in [1.29, 1.82) is 0 Å². The second kappa shape index (κ2) is 11.7. The molecule has 0 saturated carbocycles. The number of nitrogens with one attached hydrogen (secondary N) is 1. The first-order valence-electron chi connectivity index (χ1n) is 9.87. The Morgan fingerprint density at radius 1 is 1.16 bits per heavy atom. The average molecular weight is 482 g/mol. The summed E-state index contributed by atoms with van der Waals surface area (Å²) in [4.78, 5) is 35.8. The standard InChI is InChI=1S/C21H24ClN3O6S/c1-4-10-24(11-5-2)32(30)19-9-6-14(12-18(19)25(28)29)20(26)23-17-8-7-15(22)13-16(17)21(27)31-3/h6-9,12-13H,4-5,10-11H2,1-3H3,(H,23,26). The lowest BCUT2D eigenvalue weighted by atomic mass is 10.1. The highest BCUT2D eigenvalue weighted by molar-refractivity contribution is 7.82. The molecule has 172 valence electrons. The van der Waals surface area contributed by atoms with E-state index in [1.807, 2.05) is 13.8 Å². The molecule has 0 aliphatic carbocycles. The summed E-state index contributed by atoms with van der Waals surface area (Å²) >= 11 is 5.92. The summed E-state index contributed by atoms with van der Waals surface area (Å²) in [6.45, 7) is 4.90. The fraction of sp³-hybridized carbons (Fsp3) is 0.333. The van der Waals surface area contributed by atoms with E-state index in [0.29, 0.717) is 13.1 Å². The molecule has 11 heteroatoms. The molecule has 0 spiro atoms. The molecule has 32 heavy (non-hydrogen) atoms. The number of carbonyl (C=O) groups is 2. The Morgan fingerprint density at radius 3 is 2.38 bits per heavy atom. The minimum atomic E-state index is -1.74. The van der Waals surface area contributed by atoms with Gasteiger partial charge in [0.15, 0.2) is 0 Å². The smallest absolute Gasteiger partial charge is 0.340 e. The Morgan fingerprint density at radius 2 is 1.81 bits per heavy atom. The largest absolute Gasteiger partial charge is 0.465 e. The number of esters is 1. The predicted octanol–water partition coefficient (Wildman–Crippen LogP) is 4.43. The van der Waals surface area contributed by atoms with Gasteiger partial charge in [0.1, 0.15) is 15.9 Å². The average Bonchev–Trinajstić information content (AvgIpc) is 2.78. The van der Waals surface area contributed by atoms with Crippen LogP contribution in [-0.2, 0) is 15.7 Å². The van der Waals surface area contributed by atoms with Gasteiger partial charge in [-0.05, 0) is 43.2 Å². The molecule has 0 fully saturated rings. The van der Waals surface area contributed by atoms with Crippen molar-refractivity contribution in [3.63, 3.8) is 0 Å². The molecule has 1 unspecified atom stereocenters. The zero-order valence-electron chi connectivity index (χ0n) is 17.9. The SMILES string of the molecule is CCCN(CCC)S(=O)c1ccc(C(=O)Nc2ccc(Cl)cc2C(=O)OC)cc1[N+](=O)[O-]. The van der Waals surface area contributed by atoms with Crippen molar-refractivity contribution >= 4 is 45.8 Å². The van der Waals surface area contributed by atoms with Gasteiger partial charge < -0.3 is 10.1 Å². The number of hydrogen-bond donors (Lipinski definition) is 1. The number of ether oxygens (including phenoxy) is 1. The molecular formula is C21H24ClN3O6S. The summed E-state index contributed by atoms with van der Waals surface area (Å²) in [6, 6.07) is 8.01. The van der Waals surface area contributed by atoms with E-state index in [4.69, 9.17) is 16.3 Å². The van der Waals surface area contributed by atoms with E-state index in [9.17, 15) is 23.9 Å². The minimum Gasteiger partial charge on any atom is -0.465 e. The first kappa shape index (κ1) is 25.4. The van der Waals surface area contributed by atoms with E-state index >= 15 is 0 Å². The molecule has 1 amide bonds. The maximum atomic E-state index is 13.0. The van der Waals surface area contributed by atoms with E-state index in [2.05, 4.69) is 5.32 Å². The molecule has 2 aromatic carbocycles. The van der Waals surface area contributed by atoms with Crippen LogP contribution in [0.1, 0.15) is 47.4 Å². The van der Waals surface area contributed by atoms with Gasteiger partial charge in [0, 0.05) is 29.7 Å². The molecule has 9 nitrogen and oxygen atoms in total. The summed E-state index contributed by atoms with van der Waals surface area (Å²) in [5, 5.41) is 14.5. The summed E-state index contributed by atoms with van der Waals surface area (Å²) in [5.41, 5.74) is -0.271. The molecular weight excluding hydrogens is 458 g/mol. The first-order valence-corrected chi connectivity index (χ1v) is 11.4. The highest BCUT2D eigenvalue weighted by Crippen LogP contribution is 2.27. The topological polar surface area (TPSA) is 119 Å². The van der Waals surface area contributed by atoms with Crippen molar-refractivity contribution in [2.45, 2.75) is 31.6 Å². The Labute approximate surface area is 193 Å². The van der Waals surface area contributed by atoms with Crippen LogP contribution in [0.2, 0.25) is 5.02 Å². The lowest BCUT2D eigenvalue weighted by Gasteiger charge is -2.19. The van der Waals surface area contributed by atoms with Gasteiger partial charge in [-0.3, -0.25) is 14.9 Å². The second-order valence-corrected chi connectivity index (χ2v) is 8.64. The van der Waals surface area contributed by atoms with Crippen molar-refractivity contribution < 1.29 is 23.5 Å². The van der Waals surface area contributed by atoms with Gasteiger partial charge in [-0.25, -0.2) is 13.3 Å². The molecule has 2 aromatic rings. The quantitative estimate of drug-likeness (QED) is 0.304. The Hall–Kier alpha value is -2.82. The van der Waals surface area contributed by atoms with Crippen molar-refractivity contribution in [3.05, 3.63) is 62.7 Å². The lowest BCUT2D eigenvalue weighted by molar-refractivity contribution is -0.387. The lowest BCUT2D eigenvalue weighted by Crippen LogP contribution is -2.28. The highest BCUT2D eigenvalue weighted by atomic mass is 35.5. The zero-order valence-corrected chi connectivity index (χ0v) is 19.5. The van der Waals surface area contributed by atoms with Crippen LogP contribution in [0.4, 0.5) is 11.4 Å². The van der Waals surface area contributed by atoms with Crippen LogP contribution >= 0.6 is 11.6 Å². The van der Waals surface area contributed by atoms with Gasteiger partial charge in [0.2, 0.25) is 0 Å². The number of nitrogens with zero attached hydrogens (tertiary/aromatic N) is 2. The van der Waals surface area contributed by atoms with Crippen LogP contribution in [0.3, 0.4) is 0 Å². The van der Waals surface area contributed by atoms with Gasteiger partial charge in [-0.15, -0.1) is 0 Å². The number of nitro benzene ring substituents is 1. The number of hydrogen-bond acceptors (Lipinski definition) is 6. The Balaban J connectivity index is 2.39. The van der Waals surface area contributed by atoms with E-state index in [-0.39, 0.29) is 26.7 Å². The molecule has 0 heterocycles. The van der Waals surface area contributed by atoms with Gasteiger partial charge in [-0.1, -0.05) is 25.4 Å². The van der Waals surface area contributed by atoms with Crippen LogP contribution < -0.4 is 5.32 Å². The summed E-state index contributed by atoms with van der Waals surface area (Å²) in [5.74, 6) is -1.39. The van der Waals surface area contributed by atoms with Crippen molar-refractivity contribution in [1.82, 2.24) is 4.31 Å². The third kappa shape index (κ3) is 6.12. The summed E-state index contributed by atoms with van der Waals surface area (Å²) in [6.07, 6.45) is 1.48. The van der Waals surface area contributed by atoms with Gasteiger partial charge in [-0.2, -0.15) is 0 Å². The predicted molar refractivity (Wildman–Crippen MR) is 122 cm³/mol. The van der Waals surface area contributed by atoms with Gasteiger partial charge in [0.25, 0.3) is 11.6 Å². The number of nitro groups is 1. The molecule has 0 aliphatic heterocycles. The molecule has 1 atom stereocenters. The number of rotatable bonds is 10. The molecule has 0 saturated heterocycles. The van der Waals surface area contributed by atoms with Crippen LogP contribution in [0.15, 0.2) is 41.3 Å². The van der Waals surface area contributed by atoms with E-state index in [1.165, 1.54) is 37.4 Å². The number of benzene rings is 2. The zero-order chi connectivity index (χ0) is 23.8. The van der Waals surface area contributed by atoms with Crippen molar-refractivity contribution in [3.8, 4) is 0 Å². The van der Waals surface area contributed by atoms with E-state index in [1.54, 1.807) is 4.31 Å². The number of anilines is 1. The van der Waals surface area contributed by atoms with Gasteiger partial charge in [0.05, 0.1) is 23.3 Å². The second-order valence-electron chi connectivity index (χ2n) is 6.75. The number of amides is 1. The Bertz CT molecular complexity index is 1040. The maximum absolute atomic E-state index is 13.0. The maximum Gasteiger partial charge on any atom is 0.340 e. The number of methoxy groups -OCH3 is 1. The molecule has 0 bridgehead atoms. The molecule has 1 N–H and O–H groups in total. The van der Waals surface area contributed by atoms with Crippen molar-refractivity contribution in [2.24, 2.45) is 0 Å². The highest BCUT2D eigenvalue weighted by Gasteiger charge is 2.25. The number of carbonyl (C=O) groups excluding carboxylic acids is 2. The normalized spacial score (nSPS) is 11.8. The molecule has 2 rings (SSSR count). The van der Waals surface area contributed by atoms with E-state index in [0.717, 1.165) is 18.9 Å². The monoisotopic (exact) mass is 481 g/mol.